The Balaban J connectivity index is 1.22. The Bertz CT molecular complexity index is 687. The normalized spacial score (nSPS) is 23.4. The van der Waals surface area contributed by atoms with Crippen molar-refractivity contribution in [2.24, 2.45) is 10.9 Å². The molecule has 154 valence electrons. The molecular formula is C21H33N5O2. The van der Waals surface area contributed by atoms with Crippen LogP contribution >= 0.6 is 0 Å². The van der Waals surface area contributed by atoms with E-state index in [0.717, 1.165) is 69.2 Å². The second-order valence-electron chi connectivity index (χ2n) is 7.93. The van der Waals surface area contributed by atoms with Crippen molar-refractivity contribution in [1.82, 2.24) is 20.0 Å². The molecule has 1 aromatic rings. The van der Waals surface area contributed by atoms with E-state index in [1.807, 2.05) is 13.1 Å². The summed E-state index contributed by atoms with van der Waals surface area (Å²) >= 11 is 0. The highest BCUT2D eigenvalue weighted by Crippen LogP contribution is 2.32. The average Bonchev–Trinajstić information content (AvgIpc) is 3.38. The van der Waals surface area contributed by atoms with Gasteiger partial charge in [-0.05, 0) is 43.1 Å². The van der Waals surface area contributed by atoms with E-state index in [-0.39, 0.29) is 0 Å². The van der Waals surface area contributed by atoms with Crippen LogP contribution in [-0.2, 0) is 6.54 Å². The Morgan fingerprint density at radius 3 is 2.68 bits per heavy atom. The first-order valence-corrected chi connectivity index (χ1v) is 10.5. The molecule has 0 saturated carbocycles. The van der Waals surface area contributed by atoms with Crippen molar-refractivity contribution >= 4 is 5.96 Å². The maximum Gasteiger partial charge on any atom is 0.231 e. The fourth-order valence-corrected chi connectivity index (χ4v) is 4.35. The summed E-state index contributed by atoms with van der Waals surface area (Å²) in [6.45, 7) is 12.3. The van der Waals surface area contributed by atoms with E-state index < -0.39 is 0 Å². The predicted octanol–water partition coefficient (Wildman–Crippen LogP) is 1.45. The van der Waals surface area contributed by atoms with Crippen molar-refractivity contribution in [2.45, 2.75) is 19.9 Å². The van der Waals surface area contributed by atoms with Gasteiger partial charge in [0.15, 0.2) is 17.5 Å². The number of ether oxygens (including phenoxy) is 2. The van der Waals surface area contributed by atoms with Crippen molar-refractivity contribution in [2.75, 3.05) is 66.2 Å². The minimum absolute atomic E-state index is 0.334. The van der Waals surface area contributed by atoms with Gasteiger partial charge in [0, 0.05) is 52.9 Å². The molecular weight excluding hydrogens is 354 g/mol. The third-order valence-corrected chi connectivity index (χ3v) is 6.09. The highest BCUT2D eigenvalue weighted by molar-refractivity contribution is 5.80. The number of piperazine rings is 1. The lowest BCUT2D eigenvalue weighted by atomic mass is 10.1. The summed E-state index contributed by atoms with van der Waals surface area (Å²) in [7, 11) is 1.90. The molecule has 1 aromatic carbocycles. The van der Waals surface area contributed by atoms with Gasteiger partial charge in [-0.15, -0.1) is 0 Å². The van der Waals surface area contributed by atoms with Crippen LogP contribution in [-0.4, -0.2) is 86.9 Å². The summed E-state index contributed by atoms with van der Waals surface area (Å²) in [6, 6.07) is 6.26. The number of fused-ring (bicyclic) bond motifs is 1. The van der Waals surface area contributed by atoms with Crippen LogP contribution in [0.5, 0.6) is 11.5 Å². The summed E-state index contributed by atoms with van der Waals surface area (Å²) in [6.07, 6.45) is 1.29. The maximum absolute atomic E-state index is 5.50. The first-order chi connectivity index (χ1) is 13.7. The van der Waals surface area contributed by atoms with E-state index >= 15 is 0 Å². The second-order valence-corrected chi connectivity index (χ2v) is 7.93. The fourth-order valence-electron chi connectivity index (χ4n) is 4.35. The monoisotopic (exact) mass is 387 g/mol. The third kappa shape index (κ3) is 4.52. The van der Waals surface area contributed by atoms with Crippen LogP contribution in [0.2, 0.25) is 0 Å². The Morgan fingerprint density at radius 1 is 1.11 bits per heavy atom. The van der Waals surface area contributed by atoms with Gasteiger partial charge in [0.1, 0.15) is 0 Å². The summed E-state index contributed by atoms with van der Waals surface area (Å²) in [5, 5.41) is 3.62. The fraction of sp³-hybridized carbons (Fsp3) is 0.667. The van der Waals surface area contributed by atoms with Crippen LogP contribution in [0.1, 0.15) is 18.9 Å². The van der Waals surface area contributed by atoms with Gasteiger partial charge < -0.3 is 24.6 Å². The molecule has 0 aromatic heterocycles. The van der Waals surface area contributed by atoms with Gasteiger partial charge >= 0.3 is 0 Å². The number of hydrogen-bond donors (Lipinski definition) is 1. The van der Waals surface area contributed by atoms with Crippen molar-refractivity contribution < 1.29 is 9.47 Å². The summed E-state index contributed by atoms with van der Waals surface area (Å²) < 4.78 is 10.9. The molecule has 4 rings (SSSR count). The van der Waals surface area contributed by atoms with E-state index in [4.69, 9.17) is 9.47 Å². The van der Waals surface area contributed by atoms with Crippen molar-refractivity contribution in [3.8, 4) is 11.5 Å². The van der Waals surface area contributed by atoms with Gasteiger partial charge in [-0.25, -0.2) is 0 Å². The zero-order chi connectivity index (χ0) is 19.3. The Morgan fingerprint density at radius 2 is 1.93 bits per heavy atom. The first-order valence-electron chi connectivity index (χ1n) is 10.5. The van der Waals surface area contributed by atoms with Crippen LogP contribution < -0.4 is 14.8 Å². The van der Waals surface area contributed by atoms with E-state index in [0.29, 0.717) is 6.79 Å². The molecule has 3 aliphatic heterocycles. The summed E-state index contributed by atoms with van der Waals surface area (Å²) in [5.74, 6) is 3.52. The van der Waals surface area contributed by atoms with Crippen molar-refractivity contribution in [3.05, 3.63) is 23.8 Å². The largest absolute Gasteiger partial charge is 0.454 e. The van der Waals surface area contributed by atoms with E-state index in [9.17, 15) is 0 Å². The third-order valence-electron chi connectivity index (χ3n) is 6.09. The highest BCUT2D eigenvalue weighted by atomic mass is 16.7. The van der Waals surface area contributed by atoms with Gasteiger partial charge in [-0.1, -0.05) is 13.0 Å². The maximum atomic E-state index is 5.50. The number of nitrogens with one attached hydrogen (secondary N) is 1. The zero-order valence-electron chi connectivity index (χ0n) is 17.2. The smallest absolute Gasteiger partial charge is 0.231 e. The molecule has 7 heteroatoms. The van der Waals surface area contributed by atoms with Gasteiger partial charge in [0.2, 0.25) is 6.79 Å². The molecule has 3 aliphatic rings. The molecule has 1 unspecified atom stereocenters. The van der Waals surface area contributed by atoms with E-state index in [2.05, 4.69) is 44.1 Å². The van der Waals surface area contributed by atoms with Crippen LogP contribution in [0.15, 0.2) is 23.2 Å². The lowest BCUT2D eigenvalue weighted by Gasteiger charge is -2.36. The molecule has 0 radical (unpaired) electrons. The number of guanidine groups is 1. The molecule has 0 spiro atoms. The van der Waals surface area contributed by atoms with Crippen molar-refractivity contribution in [1.29, 1.82) is 0 Å². The number of aliphatic imine (C=N–C) groups is 1. The number of nitrogens with zero attached hydrogens (tertiary/aromatic N) is 4. The van der Waals surface area contributed by atoms with Crippen LogP contribution in [0.25, 0.3) is 0 Å². The standard InChI is InChI=1S/C21H33N5O2/c1-3-24-7-6-18(15-24)13-23-21(22-2)26-10-8-25(9-11-26)14-17-4-5-19-20(12-17)28-16-27-19/h4-5,12,18H,3,6-11,13-16H2,1-2H3,(H,22,23). The molecule has 2 saturated heterocycles. The Kier molecular flexibility index (Phi) is 6.22. The van der Waals surface area contributed by atoms with Gasteiger partial charge in [0.05, 0.1) is 0 Å². The second kappa shape index (κ2) is 9.01. The Hall–Kier alpha value is -1.99. The minimum atomic E-state index is 0.334. The molecule has 0 amide bonds. The molecule has 7 nitrogen and oxygen atoms in total. The average molecular weight is 388 g/mol. The van der Waals surface area contributed by atoms with Gasteiger partial charge in [-0.2, -0.15) is 0 Å². The lowest BCUT2D eigenvalue weighted by molar-refractivity contribution is 0.171. The number of likely N-dealkylation sites (tertiary alicyclic amines) is 1. The van der Waals surface area contributed by atoms with Crippen LogP contribution in [0, 0.1) is 5.92 Å². The first kappa shape index (κ1) is 19.3. The number of rotatable bonds is 5. The quantitative estimate of drug-likeness (QED) is 0.610. The van der Waals surface area contributed by atoms with Crippen LogP contribution in [0.3, 0.4) is 0 Å². The minimum Gasteiger partial charge on any atom is -0.454 e. The Labute approximate surface area is 168 Å². The van der Waals surface area contributed by atoms with Gasteiger partial charge in [0.25, 0.3) is 0 Å². The summed E-state index contributed by atoms with van der Waals surface area (Å²) in [4.78, 5) is 11.9. The molecule has 3 heterocycles. The number of hydrogen-bond acceptors (Lipinski definition) is 5. The highest BCUT2D eigenvalue weighted by Gasteiger charge is 2.24. The van der Waals surface area contributed by atoms with E-state index in [1.54, 1.807) is 0 Å². The van der Waals surface area contributed by atoms with Gasteiger partial charge in [-0.3, -0.25) is 9.89 Å². The lowest BCUT2D eigenvalue weighted by Crippen LogP contribution is -2.52. The van der Waals surface area contributed by atoms with Crippen LogP contribution in [0.4, 0.5) is 0 Å². The summed E-state index contributed by atoms with van der Waals surface area (Å²) in [5.41, 5.74) is 1.28. The zero-order valence-corrected chi connectivity index (χ0v) is 17.2. The molecule has 0 bridgehead atoms. The predicted molar refractivity (Wildman–Crippen MR) is 111 cm³/mol. The molecule has 1 atom stereocenters. The molecule has 0 aliphatic carbocycles. The number of benzene rings is 1. The van der Waals surface area contributed by atoms with Crippen molar-refractivity contribution in [3.63, 3.8) is 0 Å². The SMILES string of the molecule is CCN1CCC(CNC(=NC)N2CCN(Cc3ccc4c(c3)OCO4)CC2)C1. The molecule has 1 N–H and O–H groups in total. The van der Waals surface area contributed by atoms with E-state index in [1.165, 1.54) is 25.1 Å². The molecule has 28 heavy (non-hydrogen) atoms. The molecule has 2 fully saturated rings. The topological polar surface area (TPSA) is 52.6 Å².